The van der Waals surface area contributed by atoms with E-state index in [-0.39, 0.29) is 0 Å². The second-order valence-electron chi connectivity index (χ2n) is 4.75. The lowest BCUT2D eigenvalue weighted by Gasteiger charge is -2.34. The van der Waals surface area contributed by atoms with E-state index in [1.54, 1.807) is 0 Å². The van der Waals surface area contributed by atoms with Crippen LogP contribution in [0.1, 0.15) is 46.5 Å². The molecular weight excluding hydrogens is 172 g/mol. The second-order valence-corrected chi connectivity index (χ2v) is 4.75. The molecule has 2 nitrogen and oxygen atoms in total. The molecule has 0 aliphatic heterocycles. The zero-order valence-electron chi connectivity index (χ0n) is 10.7. The summed E-state index contributed by atoms with van der Waals surface area (Å²) in [5, 5.41) is 3.18. The van der Waals surface area contributed by atoms with Gasteiger partial charge in [-0.05, 0) is 60.3 Å². The monoisotopic (exact) mass is 200 g/mol. The van der Waals surface area contributed by atoms with Crippen LogP contribution in [0.25, 0.3) is 0 Å². The lowest BCUT2D eigenvalue weighted by molar-refractivity contribution is 0.148. The van der Waals surface area contributed by atoms with Gasteiger partial charge < -0.3 is 10.2 Å². The van der Waals surface area contributed by atoms with Gasteiger partial charge in [0.1, 0.15) is 0 Å². The van der Waals surface area contributed by atoms with Crippen LogP contribution in [0.15, 0.2) is 0 Å². The molecule has 0 aliphatic rings. The minimum absolute atomic E-state index is 0.364. The van der Waals surface area contributed by atoms with Crippen molar-refractivity contribution >= 4 is 0 Å². The van der Waals surface area contributed by atoms with Gasteiger partial charge in [0.15, 0.2) is 0 Å². The fraction of sp³-hybridized carbons (Fsp3) is 1.00. The fourth-order valence-corrected chi connectivity index (χ4v) is 1.40. The molecule has 0 aliphatic carbocycles. The molecule has 2 heteroatoms. The van der Waals surface area contributed by atoms with Gasteiger partial charge in [-0.3, -0.25) is 0 Å². The number of nitrogens with one attached hydrogen (secondary N) is 1. The van der Waals surface area contributed by atoms with Gasteiger partial charge in [-0.1, -0.05) is 13.3 Å². The SMILES string of the molecule is CCC(C)(C)N(C)CCCCCNC. The lowest BCUT2D eigenvalue weighted by atomic mass is 9.99. The molecule has 0 rings (SSSR count). The highest BCUT2D eigenvalue weighted by atomic mass is 15.2. The third-order valence-corrected chi connectivity index (χ3v) is 3.32. The molecule has 0 bridgehead atoms. The van der Waals surface area contributed by atoms with Gasteiger partial charge in [0.25, 0.3) is 0 Å². The summed E-state index contributed by atoms with van der Waals surface area (Å²) in [7, 11) is 4.26. The molecule has 0 atom stereocenters. The molecule has 0 radical (unpaired) electrons. The van der Waals surface area contributed by atoms with Crippen LogP contribution in [0.4, 0.5) is 0 Å². The van der Waals surface area contributed by atoms with Gasteiger partial charge in [0.05, 0.1) is 0 Å². The highest BCUT2D eigenvalue weighted by molar-refractivity contribution is 4.76. The summed E-state index contributed by atoms with van der Waals surface area (Å²) in [6.45, 7) is 9.28. The Morgan fingerprint density at radius 1 is 1.14 bits per heavy atom. The fourth-order valence-electron chi connectivity index (χ4n) is 1.40. The molecule has 1 N–H and O–H groups in total. The van der Waals surface area contributed by atoms with Crippen molar-refractivity contribution < 1.29 is 0 Å². The smallest absolute Gasteiger partial charge is 0.0147 e. The Morgan fingerprint density at radius 3 is 2.29 bits per heavy atom. The summed E-state index contributed by atoms with van der Waals surface area (Å²) >= 11 is 0. The van der Waals surface area contributed by atoms with E-state index in [4.69, 9.17) is 0 Å². The van der Waals surface area contributed by atoms with Crippen LogP contribution >= 0.6 is 0 Å². The van der Waals surface area contributed by atoms with E-state index in [0.717, 1.165) is 6.54 Å². The van der Waals surface area contributed by atoms with E-state index in [1.165, 1.54) is 32.2 Å². The van der Waals surface area contributed by atoms with Gasteiger partial charge in [0, 0.05) is 5.54 Å². The molecule has 0 aromatic heterocycles. The maximum Gasteiger partial charge on any atom is 0.0147 e. The molecular formula is C12H28N2. The van der Waals surface area contributed by atoms with Gasteiger partial charge in [0.2, 0.25) is 0 Å². The van der Waals surface area contributed by atoms with E-state index >= 15 is 0 Å². The first-order valence-corrected chi connectivity index (χ1v) is 5.90. The van der Waals surface area contributed by atoms with Crippen LogP contribution in [0.2, 0.25) is 0 Å². The Hall–Kier alpha value is -0.0800. The molecule has 0 saturated heterocycles. The summed E-state index contributed by atoms with van der Waals surface area (Å²) in [5.74, 6) is 0. The zero-order valence-corrected chi connectivity index (χ0v) is 10.7. The Morgan fingerprint density at radius 2 is 1.79 bits per heavy atom. The van der Waals surface area contributed by atoms with Crippen LogP contribution in [-0.2, 0) is 0 Å². The standard InChI is InChI=1S/C12H28N2/c1-6-12(2,3)14(5)11-9-7-8-10-13-4/h13H,6-11H2,1-5H3. The summed E-state index contributed by atoms with van der Waals surface area (Å²) in [4.78, 5) is 2.48. The van der Waals surface area contributed by atoms with Crippen molar-refractivity contribution in [3.63, 3.8) is 0 Å². The van der Waals surface area contributed by atoms with E-state index < -0.39 is 0 Å². The average Bonchev–Trinajstić information content (AvgIpc) is 2.17. The van der Waals surface area contributed by atoms with Crippen molar-refractivity contribution in [2.45, 2.75) is 52.0 Å². The minimum Gasteiger partial charge on any atom is -0.320 e. The Balaban J connectivity index is 3.48. The van der Waals surface area contributed by atoms with E-state index in [9.17, 15) is 0 Å². The average molecular weight is 200 g/mol. The van der Waals surface area contributed by atoms with Crippen molar-refractivity contribution in [1.82, 2.24) is 10.2 Å². The predicted octanol–water partition coefficient (Wildman–Crippen LogP) is 2.50. The number of unbranched alkanes of at least 4 members (excludes halogenated alkanes) is 2. The highest BCUT2D eigenvalue weighted by Gasteiger charge is 2.19. The zero-order chi connectivity index (χ0) is 11.0. The summed E-state index contributed by atoms with van der Waals surface area (Å²) in [6.07, 6.45) is 5.18. The highest BCUT2D eigenvalue weighted by Crippen LogP contribution is 2.16. The van der Waals surface area contributed by atoms with Gasteiger partial charge in [-0.2, -0.15) is 0 Å². The largest absolute Gasteiger partial charge is 0.320 e. The van der Waals surface area contributed by atoms with E-state index in [2.05, 4.69) is 38.0 Å². The normalized spacial score (nSPS) is 12.4. The molecule has 0 fully saturated rings. The van der Waals surface area contributed by atoms with Gasteiger partial charge >= 0.3 is 0 Å². The van der Waals surface area contributed by atoms with E-state index in [0.29, 0.717) is 5.54 Å². The quantitative estimate of drug-likeness (QED) is 0.606. The van der Waals surface area contributed by atoms with Crippen molar-refractivity contribution in [3.8, 4) is 0 Å². The maximum absolute atomic E-state index is 3.18. The molecule has 0 aromatic rings. The Labute approximate surface area is 90.1 Å². The van der Waals surface area contributed by atoms with Crippen molar-refractivity contribution in [2.75, 3.05) is 27.2 Å². The summed E-state index contributed by atoms with van der Waals surface area (Å²) in [6, 6.07) is 0. The molecule has 0 amide bonds. The molecule has 86 valence electrons. The third-order valence-electron chi connectivity index (χ3n) is 3.32. The molecule has 0 spiro atoms. The minimum atomic E-state index is 0.364. The van der Waals surface area contributed by atoms with Crippen molar-refractivity contribution in [2.24, 2.45) is 0 Å². The number of rotatable bonds is 8. The van der Waals surface area contributed by atoms with Gasteiger partial charge in [-0.15, -0.1) is 0 Å². The first kappa shape index (κ1) is 13.9. The molecule has 0 unspecified atom stereocenters. The van der Waals surface area contributed by atoms with Crippen molar-refractivity contribution in [3.05, 3.63) is 0 Å². The molecule has 14 heavy (non-hydrogen) atoms. The summed E-state index contributed by atoms with van der Waals surface area (Å²) < 4.78 is 0. The summed E-state index contributed by atoms with van der Waals surface area (Å²) in [5.41, 5.74) is 0.364. The lowest BCUT2D eigenvalue weighted by Crippen LogP contribution is -2.40. The van der Waals surface area contributed by atoms with Crippen LogP contribution in [0.5, 0.6) is 0 Å². The van der Waals surface area contributed by atoms with Crippen LogP contribution in [-0.4, -0.2) is 37.6 Å². The van der Waals surface area contributed by atoms with Crippen LogP contribution in [0, 0.1) is 0 Å². The van der Waals surface area contributed by atoms with Crippen LogP contribution in [0.3, 0.4) is 0 Å². The maximum atomic E-state index is 3.18. The number of hydrogen-bond acceptors (Lipinski definition) is 2. The first-order chi connectivity index (χ1) is 6.54. The predicted molar refractivity (Wildman–Crippen MR) is 64.8 cm³/mol. The molecule has 0 saturated carbocycles. The molecule has 0 heterocycles. The third kappa shape index (κ3) is 5.61. The topological polar surface area (TPSA) is 15.3 Å². The van der Waals surface area contributed by atoms with Gasteiger partial charge in [-0.25, -0.2) is 0 Å². The number of hydrogen-bond donors (Lipinski definition) is 1. The Bertz CT molecular complexity index is 132. The Kier molecular flexibility index (Phi) is 7.20. The van der Waals surface area contributed by atoms with Crippen LogP contribution < -0.4 is 5.32 Å². The van der Waals surface area contributed by atoms with Crippen molar-refractivity contribution in [1.29, 1.82) is 0 Å². The number of nitrogens with zero attached hydrogens (tertiary/aromatic N) is 1. The second kappa shape index (κ2) is 7.24. The molecule has 0 aromatic carbocycles. The first-order valence-electron chi connectivity index (χ1n) is 5.90. The van der Waals surface area contributed by atoms with E-state index in [1.807, 2.05) is 7.05 Å².